The molecule has 0 aromatic rings. The molecule has 0 aromatic heterocycles. The summed E-state index contributed by atoms with van der Waals surface area (Å²) in [6, 6.07) is 0.137. The van der Waals surface area contributed by atoms with Crippen molar-refractivity contribution in [3.05, 3.63) is 0 Å². The number of rotatable bonds is 10. The quantitative estimate of drug-likeness (QED) is 0.621. The minimum absolute atomic E-state index is 0.100. The van der Waals surface area contributed by atoms with Gasteiger partial charge in [-0.25, -0.2) is 0 Å². The van der Waals surface area contributed by atoms with Crippen molar-refractivity contribution in [1.82, 2.24) is 0 Å². The van der Waals surface area contributed by atoms with Crippen molar-refractivity contribution < 1.29 is 18.8 Å². The fourth-order valence-electron chi connectivity index (χ4n) is 3.06. The van der Waals surface area contributed by atoms with Crippen LogP contribution in [0.3, 0.4) is 0 Å². The molecule has 122 valence electrons. The van der Waals surface area contributed by atoms with Gasteiger partial charge >= 0.3 is 0 Å². The monoisotopic (exact) mass is 290 g/mol. The Morgan fingerprint density at radius 3 is 1.75 bits per heavy atom. The molecule has 0 saturated carbocycles. The molecule has 1 atom stereocenters. The van der Waals surface area contributed by atoms with Crippen LogP contribution in [0.4, 0.5) is 0 Å². The molecule has 20 heavy (non-hydrogen) atoms. The van der Waals surface area contributed by atoms with Crippen LogP contribution in [-0.4, -0.2) is 86.3 Å². The van der Waals surface area contributed by atoms with Gasteiger partial charge < -0.3 is 18.8 Å². The van der Waals surface area contributed by atoms with Crippen molar-refractivity contribution in [2.24, 2.45) is 0 Å². The topological polar surface area (TPSA) is 29.5 Å². The van der Waals surface area contributed by atoms with Crippen LogP contribution in [0.5, 0.6) is 0 Å². The predicted molar refractivity (Wildman–Crippen MR) is 85.7 cm³/mol. The zero-order chi connectivity index (χ0) is 16.0. The van der Waals surface area contributed by atoms with Gasteiger partial charge in [0.1, 0.15) is 24.8 Å². The number of aliphatic hydroxyl groups is 1. The number of aliphatic hydroxyl groups excluding tert-OH is 1. The van der Waals surface area contributed by atoms with Gasteiger partial charge in [0.05, 0.1) is 47.4 Å². The molecule has 0 rings (SSSR count). The Labute approximate surface area is 126 Å². The van der Waals surface area contributed by atoms with Crippen molar-refractivity contribution in [3.63, 3.8) is 0 Å². The summed E-state index contributed by atoms with van der Waals surface area (Å²) < 4.78 is 7.80. The maximum absolute atomic E-state index is 9.49. The molecule has 0 aliphatic carbocycles. The van der Waals surface area contributed by atoms with E-state index in [-0.39, 0.29) is 18.2 Å². The van der Waals surface area contributed by atoms with Gasteiger partial charge in [0.15, 0.2) is 0 Å². The molecular formula is C16H38N2O2+2. The summed E-state index contributed by atoms with van der Waals surface area (Å²) in [5.74, 6) is 0. The minimum Gasteiger partial charge on any atom is -0.390 e. The van der Waals surface area contributed by atoms with Gasteiger partial charge in [-0.05, 0) is 34.6 Å². The lowest BCUT2D eigenvalue weighted by atomic mass is 9.99. The number of hydrogen-bond acceptors (Lipinski definition) is 2. The van der Waals surface area contributed by atoms with Gasteiger partial charge in [-0.2, -0.15) is 0 Å². The number of quaternary nitrogens is 2. The van der Waals surface area contributed by atoms with Crippen LogP contribution in [-0.2, 0) is 4.74 Å². The summed E-state index contributed by atoms with van der Waals surface area (Å²) in [6.07, 6.45) is 0. The van der Waals surface area contributed by atoms with E-state index in [2.05, 4.69) is 55.8 Å². The van der Waals surface area contributed by atoms with E-state index in [9.17, 15) is 5.11 Å². The lowest BCUT2D eigenvalue weighted by Crippen LogP contribution is -2.63. The Balaban J connectivity index is 4.63. The molecule has 0 aliphatic rings. The van der Waals surface area contributed by atoms with Gasteiger partial charge in [-0.1, -0.05) is 0 Å². The first kappa shape index (κ1) is 19.8. The van der Waals surface area contributed by atoms with Gasteiger partial charge in [0, 0.05) is 0 Å². The fraction of sp³-hybridized carbons (Fsp3) is 1.00. The Hall–Kier alpha value is -0.160. The van der Waals surface area contributed by atoms with E-state index in [1.165, 1.54) is 0 Å². The molecule has 0 aliphatic heterocycles. The van der Waals surface area contributed by atoms with Crippen LogP contribution in [0, 0.1) is 0 Å². The average Bonchev–Trinajstić information content (AvgIpc) is 2.35. The first-order valence-electron chi connectivity index (χ1n) is 7.96. The highest BCUT2D eigenvalue weighted by atomic mass is 16.5. The zero-order valence-corrected chi connectivity index (χ0v) is 15.1. The molecule has 0 aromatic carbocycles. The minimum atomic E-state index is 0.100. The standard InChI is InChI=1S/C16H38N2O2/c1-9-18(10-2,11-3)16(4,5)14-20-13-15(12-19)17(6,7)8/h15,19H,9-14H2,1-8H3/q+2. The van der Waals surface area contributed by atoms with Crippen LogP contribution in [0.15, 0.2) is 0 Å². The van der Waals surface area contributed by atoms with E-state index in [0.717, 1.165) is 35.2 Å². The molecule has 0 spiro atoms. The Morgan fingerprint density at radius 2 is 1.45 bits per heavy atom. The lowest BCUT2D eigenvalue weighted by Gasteiger charge is -2.49. The fourth-order valence-corrected chi connectivity index (χ4v) is 3.06. The van der Waals surface area contributed by atoms with Crippen LogP contribution < -0.4 is 0 Å². The third-order valence-corrected chi connectivity index (χ3v) is 5.17. The van der Waals surface area contributed by atoms with E-state index >= 15 is 0 Å². The molecular weight excluding hydrogens is 252 g/mol. The van der Waals surface area contributed by atoms with Crippen LogP contribution in [0.1, 0.15) is 34.6 Å². The Kier molecular flexibility index (Phi) is 7.67. The smallest absolute Gasteiger partial charge is 0.135 e. The molecule has 0 fully saturated rings. The highest BCUT2D eigenvalue weighted by molar-refractivity contribution is 4.71. The van der Waals surface area contributed by atoms with Crippen LogP contribution >= 0.6 is 0 Å². The normalized spacial score (nSPS) is 15.4. The molecule has 0 bridgehead atoms. The largest absolute Gasteiger partial charge is 0.390 e. The molecule has 4 heteroatoms. The van der Waals surface area contributed by atoms with Crippen LogP contribution in [0.25, 0.3) is 0 Å². The van der Waals surface area contributed by atoms with Crippen molar-refractivity contribution in [1.29, 1.82) is 0 Å². The van der Waals surface area contributed by atoms with Gasteiger partial charge in [0.25, 0.3) is 0 Å². The van der Waals surface area contributed by atoms with E-state index < -0.39 is 0 Å². The average molecular weight is 290 g/mol. The number of hydrogen-bond donors (Lipinski definition) is 1. The van der Waals surface area contributed by atoms with Gasteiger partial charge in [-0.15, -0.1) is 0 Å². The SMILES string of the molecule is CC[N+](CC)(CC)C(C)(C)COCC(CO)[N+](C)(C)C. The second kappa shape index (κ2) is 7.74. The van der Waals surface area contributed by atoms with Crippen molar-refractivity contribution in [3.8, 4) is 0 Å². The summed E-state index contributed by atoms with van der Waals surface area (Å²) in [4.78, 5) is 0. The highest BCUT2D eigenvalue weighted by Gasteiger charge is 2.40. The van der Waals surface area contributed by atoms with E-state index in [1.54, 1.807) is 0 Å². The first-order chi connectivity index (χ1) is 9.10. The van der Waals surface area contributed by atoms with Crippen molar-refractivity contribution in [2.45, 2.75) is 46.2 Å². The molecule has 1 unspecified atom stereocenters. The Morgan fingerprint density at radius 1 is 1.00 bits per heavy atom. The van der Waals surface area contributed by atoms with Crippen molar-refractivity contribution in [2.75, 3.05) is 60.6 Å². The first-order valence-corrected chi connectivity index (χ1v) is 7.96. The third-order valence-electron chi connectivity index (χ3n) is 5.17. The predicted octanol–water partition coefficient (Wildman–Crippen LogP) is 1.73. The van der Waals surface area contributed by atoms with Crippen molar-refractivity contribution >= 4 is 0 Å². The summed E-state index contributed by atoms with van der Waals surface area (Å²) in [6.45, 7) is 16.3. The number of ether oxygens (including phenoxy) is 1. The van der Waals surface area contributed by atoms with E-state index in [1.807, 2.05) is 0 Å². The second-order valence-corrected chi connectivity index (χ2v) is 7.37. The highest BCUT2D eigenvalue weighted by Crippen LogP contribution is 2.25. The molecule has 0 heterocycles. The second-order valence-electron chi connectivity index (χ2n) is 7.37. The number of likely N-dealkylation sites (N-methyl/N-ethyl adjacent to an activating group) is 2. The molecule has 0 saturated heterocycles. The maximum Gasteiger partial charge on any atom is 0.135 e. The summed E-state index contributed by atoms with van der Waals surface area (Å²) >= 11 is 0. The molecule has 0 radical (unpaired) electrons. The Bertz CT molecular complexity index is 260. The number of nitrogens with zero attached hydrogens (tertiary/aromatic N) is 2. The lowest BCUT2D eigenvalue weighted by molar-refractivity contribution is -0.969. The summed E-state index contributed by atoms with van der Waals surface area (Å²) in [5, 5.41) is 9.49. The third kappa shape index (κ3) is 4.69. The molecule has 4 nitrogen and oxygen atoms in total. The van der Waals surface area contributed by atoms with Gasteiger partial charge in [-0.3, -0.25) is 0 Å². The molecule has 0 amide bonds. The zero-order valence-electron chi connectivity index (χ0n) is 15.1. The molecule has 1 N–H and O–H groups in total. The van der Waals surface area contributed by atoms with E-state index in [0.29, 0.717) is 6.61 Å². The van der Waals surface area contributed by atoms with E-state index in [4.69, 9.17) is 4.74 Å². The van der Waals surface area contributed by atoms with Gasteiger partial charge in [0.2, 0.25) is 0 Å². The summed E-state index contributed by atoms with van der Waals surface area (Å²) in [5.41, 5.74) is 0.100. The maximum atomic E-state index is 9.49. The summed E-state index contributed by atoms with van der Waals surface area (Å²) in [7, 11) is 6.29. The van der Waals surface area contributed by atoms with Crippen LogP contribution in [0.2, 0.25) is 0 Å².